The molecule has 0 atom stereocenters. The van der Waals surface area contributed by atoms with E-state index in [1.54, 1.807) is 6.07 Å². The lowest BCUT2D eigenvalue weighted by atomic mass is 10.3. The molecule has 4 nitrogen and oxygen atoms in total. The Morgan fingerprint density at radius 1 is 1.57 bits per heavy atom. The molecule has 0 fully saturated rings. The number of hydrogen-bond donors (Lipinski definition) is 1. The van der Waals surface area contributed by atoms with Gasteiger partial charge in [0.15, 0.2) is 5.57 Å². The average Bonchev–Trinajstić information content (AvgIpc) is 2.00. The van der Waals surface area contributed by atoms with E-state index in [-0.39, 0.29) is 10.2 Å². The van der Waals surface area contributed by atoms with Gasteiger partial charge < -0.3 is 10.5 Å². The lowest BCUT2D eigenvalue weighted by molar-refractivity contribution is -0.138. The number of nitrogens with two attached hydrogens (primary N) is 1. The third-order valence-corrected chi connectivity index (χ3v) is 1.65. The zero-order valence-corrected chi connectivity index (χ0v) is 10.4. The highest BCUT2D eigenvalue weighted by molar-refractivity contribution is 9.11. The van der Waals surface area contributed by atoms with Gasteiger partial charge in [-0.05, 0) is 15.9 Å². The Morgan fingerprint density at radius 2 is 2.07 bits per heavy atom. The van der Waals surface area contributed by atoms with Gasteiger partial charge in [0.25, 0.3) is 0 Å². The number of rotatable bonds is 2. The Morgan fingerprint density at radius 3 is 2.36 bits per heavy atom. The lowest BCUT2D eigenvalue weighted by Gasteiger charge is -2.10. The second-order valence-corrected chi connectivity index (χ2v) is 5.40. The van der Waals surface area contributed by atoms with E-state index in [4.69, 9.17) is 45.8 Å². The largest absolute Gasteiger partial charge is 0.457 e. The maximum Gasteiger partial charge on any atom is 0.351 e. The van der Waals surface area contributed by atoms with Crippen molar-refractivity contribution in [1.29, 1.82) is 5.26 Å². The Labute approximate surface area is 104 Å². The fraction of sp³-hybridized carbons (Fsp3) is 0.333. The third-order valence-electron chi connectivity index (χ3n) is 0.922. The van der Waals surface area contributed by atoms with Crippen molar-refractivity contribution in [2.24, 2.45) is 5.73 Å². The van der Waals surface area contributed by atoms with Gasteiger partial charge in [-0.2, -0.15) is 5.26 Å². The van der Waals surface area contributed by atoms with Crippen molar-refractivity contribution in [3.63, 3.8) is 0 Å². The van der Waals surface area contributed by atoms with E-state index in [9.17, 15) is 4.79 Å². The molecule has 2 N–H and O–H groups in total. The molecule has 0 saturated carbocycles. The minimum atomic E-state index is -1.71. The summed E-state index contributed by atoms with van der Waals surface area (Å²) in [6.07, 6.45) is 0. The van der Waals surface area contributed by atoms with Crippen molar-refractivity contribution >= 4 is 56.7 Å². The van der Waals surface area contributed by atoms with Crippen molar-refractivity contribution < 1.29 is 9.53 Å². The van der Waals surface area contributed by atoms with Gasteiger partial charge in [0.2, 0.25) is 3.79 Å². The molecule has 0 aromatic rings. The molecule has 0 aromatic heterocycles. The van der Waals surface area contributed by atoms with Crippen molar-refractivity contribution in [2.75, 3.05) is 6.61 Å². The molecule has 0 aliphatic rings. The highest BCUT2D eigenvalue weighted by atomic mass is 79.9. The standard InChI is InChI=1S/C6H4BrCl3N2O2/c7-4(12)3(1-11)5(13)14-2-6(8,9)10/h2,12H2/b4-3-. The Hall–Kier alpha value is -0.150. The van der Waals surface area contributed by atoms with Crippen LogP contribution in [0.3, 0.4) is 0 Å². The fourth-order valence-electron chi connectivity index (χ4n) is 0.416. The van der Waals surface area contributed by atoms with Gasteiger partial charge in [0.05, 0.1) is 0 Å². The Balaban J connectivity index is 4.39. The van der Waals surface area contributed by atoms with Crippen LogP contribution in [0.1, 0.15) is 0 Å². The van der Waals surface area contributed by atoms with Crippen LogP contribution in [0.25, 0.3) is 0 Å². The first kappa shape index (κ1) is 13.8. The predicted octanol–water partition coefficient (Wildman–Crippen LogP) is 1.99. The quantitative estimate of drug-likeness (QED) is 0.277. The summed E-state index contributed by atoms with van der Waals surface area (Å²) in [4.78, 5) is 11.1. The number of hydrogen-bond acceptors (Lipinski definition) is 4. The minimum absolute atomic E-state index is 0.130. The minimum Gasteiger partial charge on any atom is -0.457 e. The molecule has 0 aliphatic heterocycles. The Kier molecular flexibility index (Phi) is 5.60. The SMILES string of the molecule is N#C/C(C(=O)OCC(Cl)(Cl)Cl)=C(/N)Br. The van der Waals surface area contributed by atoms with Gasteiger partial charge >= 0.3 is 5.97 Å². The number of carbonyl (C=O) groups excluding carboxylic acids is 1. The van der Waals surface area contributed by atoms with Crippen LogP contribution in [0.15, 0.2) is 10.2 Å². The van der Waals surface area contributed by atoms with Crippen LogP contribution in [0.4, 0.5) is 0 Å². The molecular weight excluding hydrogens is 318 g/mol. The van der Waals surface area contributed by atoms with E-state index in [2.05, 4.69) is 20.7 Å². The molecular formula is C6H4BrCl3N2O2. The van der Waals surface area contributed by atoms with Crippen molar-refractivity contribution in [2.45, 2.75) is 3.79 Å². The number of ether oxygens (including phenoxy) is 1. The zero-order valence-electron chi connectivity index (χ0n) is 6.56. The van der Waals surface area contributed by atoms with E-state index >= 15 is 0 Å². The van der Waals surface area contributed by atoms with E-state index in [1.807, 2.05) is 0 Å². The van der Waals surface area contributed by atoms with Crippen LogP contribution in [-0.2, 0) is 9.53 Å². The number of alkyl halides is 3. The molecule has 0 heterocycles. The smallest absolute Gasteiger partial charge is 0.351 e. The van der Waals surface area contributed by atoms with Gasteiger partial charge in [-0.25, -0.2) is 4.79 Å². The molecule has 14 heavy (non-hydrogen) atoms. The van der Waals surface area contributed by atoms with Gasteiger partial charge in [-0.15, -0.1) is 0 Å². The number of nitriles is 1. The van der Waals surface area contributed by atoms with Crippen molar-refractivity contribution in [1.82, 2.24) is 0 Å². The summed E-state index contributed by atoms with van der Waals surface area (Å²) in [6, 6.07) is 1.54. The number of carbonyl (C=O) groups is 1. The van der Waals surface area contributed by atoms with E-state index in [1.165, 1.54) is 0 Å². The molecule has 0 unspecified atom stereocenters. The molecule has 0 rings (SSSR count). The summed E-state index contributed by atoms with van der Waals surface area (Å²) in [5.41, 5.74) is 4.79. The zero-order chi connectivity index (χ0) is 11.4. The first-order valence-corrected chi connectivity index (χ1v) is 5.00. The van der Waals surface area contributed by atoms with E-state index < -0.39 is 16.4 Å². The molecule has 0 bridgehead atoms. The van der Waals surface area contributed by atoms with Crippen LogP contribution in [0, 0.1) is 11.3 Å². The van der Waals surface area contributed by atoms with Crippen LogP contribution in [0.2, 0.25) is 0 Å². The maximum absolute atomic E-state index is 11.1. The van der Waals surface area contributed by atoms with Crippen molar-refractivity contribution in [3.05, 3.63) is 10.2 Å². The molecule has 0 saturated heterocycles. The van der Waals surface area contributed by atoms with Gasteiger partial charge in [0, 0.05) is 0 Å². The summed E-state index contributed by atoms with van der Waals surface area (Å²) in [5, 5.41) is 8.48. The number of esters is 1. The molecule has 78 valence electrons. The molecule has 0 aliphatic carbocycles. The van der Waals surface area contributed by atoms with Crippen LogP contribution in [0.5, 0.6) is 0 Å². The van der Waals surface area contributed by atoms with Crippen LogP contribution < -0.4 is 5.73 Å². The Bertz CT molecular complexity index is 301. The third kappa shape index (κ3) is 5.55. The maximum atomic E-state index is 11.1. The van der Waals surface area contributed by atoms with Gasteiger partial charge in [0.1, 0.15) is 17.3 Å². The first-order valence-electron chi connectivity index (χ1n) is 3.07. The predicted molar refractivity (Wildman–Crippen MR) is 57.0 cm³/mol. The fourth-order valence-corrected chi connectivity index (χ4v) is 0.830. The molecule has 0 amide bonds. The van der Waals surface area contributed by atoms with Gasteiger partial charge in [-0.3, -0.25) is 0 Å². The van der Waals surface area contributed by atoms with Crippen molar-refractivity contribution in [3.8, 4) is 6.07 Å². The number of halogens is 4. The van der Waals surface area contributed by atoms with E-state index in [0.717, 1.165) is 0 Å². The number of nitrogens with zero attached hydrogens (tertiary/aromatic N) is 1. The highest BCUT2D eigenvalue weighted by Gasteiger charge is 2.24. The summed E-state index contributed by atoms with van der Waals surface area (Å²) in [5.74, 6) is -0.951. The lowest BCUT2D eigenvalue weighted by Crippen LogP contribution is -2.19. The molecule has 0 aromatic carbocycles. The van der Waals surface area contributed by atoms with Crippen LogP contribution >= 0.6 is 50.7 Å². The molecule has 0 spiro atoms. The monoisotopic (exact) mass is 320 g/mol. The summed E-state index contributed by atoms with van der Waals surface area (Å²) < 4.78 is 2.65. The molecule has 0 radical (unpaired) electrons. The normalized spacial score (nSPS) is 12.8. The second kappa shape index (κ2) is 5.66. The summed E-state index contributed by atoms with van der Waals surface area (Å²) in [6.45, 7) is -0.456. The topological polar surface area (TPSA) is 76.1 Å². The van der Waals surface area contributed by atoms with Crippen LogP contribution in [-0.4, -0.2) is 16.4 Å². The first-order chi connectivity index (χ1) is 6.28. The second-order valence-electron chi connectivity index (χ2n) is 2.03. The molecule has 8 heteroatoms. The summed E-state index contributed by atoms with van der Waals surface area (Å²) in [7, 11) is 0. The van der Waals surface area contributed by atoms with Gasteiger partial charge in [-0.1, -0.05) is 34.8 Å². The summed E-state index contributed by atoms with van der Waals surface area (Å²) >= 11 is 18.7. The highest BCUT2D eigenvalue weighted by Crippen LogP contribution is 2.26. The van der Waals surface area contributed by atoms with E-state index in [0.29, 0.717) is 0 Å². The average molecular weight is 322 g/mol.